The molecule has 0 saturated heterocycles. The first-order chi connectivity index (χ1) is 7.22. The van der Waals surface area contributed by atoms with Crippen molar-refractivity contribution in [3.05, 3.63) is 24.3 Å². The van der Waals surface area contributed by atoms with Gasteiger partial charge in [0.1, 0.15) is 0 Å². The third-order valence-electron chi connectivity index (χ3n) is 2.38. The van der Waals surface area contributed by atoms with Crippen molar-refractivity contribution in [2.75, 3.05) is 5.32 Å². The Labute approximate surface area is 90.9 Å². The van der Waals surface area contributed by atoms with Gasteiger partial charge in [-0.1, -0.05) is 26.2 Å². The van der Waals surface area contributed by atoms with Crippen molar-refractivity contribution in [2.24, 2.45) is 0 Å². The van der Waals surface area contributed by atoms with Crippen LogP contribution in [0.3, 0.4) is 0 Å². The van der Waals surface area contributed by atoms with Crippen molar-refractivity contribution < 1.29 is 4.39 Å². The Balaban J connectivity index is 2.34. The van der Waals surface area contributed by atoms with Crippen LogP contribution in [0.2, 0.25) is 0 Å². The number of unbranched alkanes of at least 4 members (excludes halogenated alkanes) is 2. The maximum absolute atomic E-state index is 12.8. The van der Waals surface area contributed by atoms with E-state index in [-0.39, 0.29) is 0 Å². The van der Waals surface area contributed by atoms with Crippen LogP contribution in [0.4, 0.5) is 10.1 Å². The highest BCUT2D eigenvalue weighted by Crippen LogP contribution is 2.11. The molecule has 0 spiro atoms. The topological polar surface area (TPSA) is 24.9 Å². The molecule has 1 heterocycles. The molecule has 1 aromatic rings. The summed E-state index contributed by atoms with van der Waals surface area (Å²) in [5.74, 6) is -0.430. The van der Waals surface area contributed by atoms with E-state index in [1.165, 1.54) is 31.5 Å². The Kier molecular flexibility index (Phi) is 5.08. The number of pyridine rings is 1. The van der Waals surface area contributed by atoms with Gasteiger partial charge in [-0.2, -0.15) is 4.39 Å². The summed E-state index contributed by atoms with van der Waals surface area (Å²) in [6.45, 7) is 4.31. The standard InChI is InChI=1S/C12H19FN2/c1-3-4-5-6-10(2)15-11-7-8-14-12(13)9-11/h7-10H,3-6H2,1-2H3,(H,14,15). The summed E-state index contributed by atoms with van der Waals surface area (Å²) in [5, 5.41) is 3.26. The fourth-order valence-corrected chi connectivity index (χ4v) is 1.55. The Bertz CT molecular complexity index is 289. The molecule has 0 radical (unpaired) electrons. The minimum atomic E-state index is -0.430. The molecule has 15 heavy (non-hydrogen) atoms. The number of aromatic nitrogens is 1. The number of hydrogen-bond acceptors (Lipinski definition) is 2. The first-order valence-corrected chi connectivity index (χ1v) is 5.60. The lowest BCUT2D eigenvalue weighted by Crippen LogP contribution is -2.14. The minimum absolute atomic E-state index is 0.387. The molecule has 0 aromatic carbocycles. The molecular weight excluding hydrogens is 191 g/mol. The first-order valence-electron chi connectivity index (χ1n) is 5.60. The molecule has 3 heteroatoms. The van der Waals surface area contributed by atoms with Crippen molar-refractivity contribution >= 4 is 5.69 Å². The molecule has 0 aliphatic rings. The van der Waals surface area contributed by atoms with Gasteiger partial charge in [0.15, 0.2) is 0 Å². The molecule has 1 atom stereocenters. The average molecular weight is 210 g/mol. The molecule has 1 aromatic heterocycles. The maximum Gasteiger partial charge on any atom is 0.214 e. The number of rotatable bonds is 6. The smallest absolute Gasteiger partial charge is 0.214 e. The first kappa shape index (κ1) is 12.0. The number of anilines is 1. The third kappa shape index (κ3) is 4.77. The molecular formula is C12H19FN2. The van der Waals surface area contributed by atoms with Crippen LogP contribution < -0.4 is 5.32 Å². The predicted octanol–water partition coefficient (Wildman–Crippen LogP) is 3.60. The highest BCUT2D eigenvalue weighted by Gasteiger charge is 2.02. The van der Waals surface area contributed by atoms with E-state index in [1.807, 2.05) is 0 Å². The lowest BCUT2D eigenvalue weighted by Gasteiger charge is -2.14. The SMILES string of the molecule is CCCCCC(C)Nc1ccnc(F)c1. The lowest BCUT2D eigenvalue weighted by molar-refractivity contribution is 0.582. The normalized spacial score (nSPS) is 12.5. The summed E-state index contributed by atoms with van der Waals surface area (Å²) in [7, 11) is 0. The van der Waals surface area contributed by atoms with Gasteiger partial charge in [-0.25, -0.2) is 4.98 Å². The van der Waals surface area contributed by atoms with E-state index in [2.05, 4.69) is 24.1 Å². The monoisotopic (exact) mass is 210 g/mol. The van der Waals surface area contributed by atoms with E-state index in [0.29, 0.717) is 6.04 Å². The van der Waals surface area contributed by atoms with E-state index < -0.39 is 5.95 Å². The number of nitrogens with one attached hydrogen (secondary N) is 1. The average Bonchev–Trinajstić information content (AvgIpc) is 2.18. The zero-order valence-electron chi connectivity index (χ0n) is 9.46. The zero-order chi connectivity index (χ0) is 11.1. The lowest BCUT2D eigenvalue weighted by atomic mass is 10.1. The van der Waals surface area contributed by atoms with Crippen LogP contribution in [0.25, 0.3) is 0 Å². The number of halogens is 1. The summed E-state index contributed by atoms with van der Waals surface area (Å²) in [4.78, 5) is 3.52. The molecule has 84 valence electrons. The summed E-state index contributed by atoms with van der Waals surface area (Å²) < 4.78 is 12.8. The fourth-order valence-electron chi connectivity index (χ4n) is 1.55. The van der Waals surface area contributed by atoms with Gasteiger partial charge in [0.05, 0.1) is 0 Å². The number of hydrogen-bond donors (Lipinski definition) is 1. The van der Waals surface area contributed by atoms with Crippen LogP contribution in [0.1, 0.15) is 39.5 Å². The highest BCUT2D eigenvalue weighted by atomic mass is 19.1. The van der Waals surface area contributed by atoms with Crippen LogP contribution in [0.5, 0.6) is 0 Å². The van der Waals surface area contributed by atoms with Crippen molar-refractivity contribution in [3.8, 4) is 0 Å². The molecule has 0 fully saturated rings. The Morgan fingerprint density at radius 2 is 2.27 bits per heavy atom. The van der Waals surface area contributed by atoms with Gasteiger partial charge in [0.25, 0.3) is 0 Å². The van der Waals surface area contributed by atoms with Crippen LogP contribution in [-0.4, -0.2) is 11.0 Å². The van der Waals surface area contributed by atoms with E-state index in [4.69, 9.17) is 0 Å². The Morgan fingerprint density at radius 1 is 1.47 bits per heavy atom. The van der Waals surface area contributed by atoms with Crippen molar-refractivity contribution in [3.63, 3.8) is 0 Å². The van der Waals surface area contributed by atoms with E-state index in [1.54, 1.807) is 6.07 Å². The maximum atomic E-state index is 12.8. The van der Waals surface area contributed by atoms with Crippen molar-refractivity contribution in [2.45, 2.75) is 45.6 Å². The summed E-state index contributed by atoms with van der Waals surface area (Å²) in [5.41, 5.74) is 0.812. The van der Waals surface area contributed by atoms with Gasteiger partial charge >= 0.3 is 0 Å². The van der Waals surface area contributed by atoms with E-state index in [9.17, 15) is 4.39 Å². The molecule has 0 bridgehead atoms. The van der Waals surface area contributed by atoms with Gasteiger partial charge in [-0.15, -0.1) is 0 Å². The van der Waals surface area contributed by atoms with Gasteiger partial charge in [-0.3, -0.25) is 0 Å². The quantitative estimate of drug-likeness (QED) is 0.573. The Morgan fingerprint density at radius 3 is 2.93 bits per heavy atom. The summed E-state index contributed by atoms with van der Waals surface area (Å²) in [6.07, 6.45) is 6.32. The van der Waals surface area contributed by atoms with Crippen LogP contribution >= 0.6 is 0 Å². The molecule has 0 saturated carbocycles. The molecule has 0 amide bonds. The van der Waals surface area contributed by atoms with Crippen LogP contribution in [0, 0.1) is 5.95 Å². The number of nitrogens with zero attached hydrogens (tertiary/aromatic N) is 1. The fraction of sp³-hybridized carbons (Fsp3) is 0.583. The molecule has 0 aliphatic heterocycles. The zero-order valence-corrected chi connectivity index (χ0v) is 9.46. The predicted molar refractivity (Wildman–Crippen MR) is 61.4 cm³/mol. The van der Waals surface area contributed by atoms with Gasteiger partial charge < -0.3 is 5.32 Å². The van der Waals surface area contributed by atoms with Gasteiger partial charge in [0.2, 0.25) is 5.95 Å². The molecule has 1 N–H and O–H groups in total. The van der Waals surface area contributed by atoms with E-state index in [0.717, 1.165) is 12.1 Å². The molecule has 2 nitrogen and oxygen atoms in total. The van der Waals surface area contributed by atoms with Crippen molar-refractivity contribution in [1.29, 1.82) is 0 Å². The second-order valence-corrected chi connectivity index (χ2v) is 3.91. The molecule has 1 rings (SSSR count). The van der Waals surface area contributed by atoms with Gasteiger partial charge in [-0.05, 0) is 19.4 Å². The van der Waals surface area contributed by atoms with E-state index >= 15 is 0 Å². The largest absolute Gasteiger partial charge is 0.382 e. The van der Waals surface area contributed by atoms with Crippen LogP contribution in [-0.2, 0) is 0 Å². The highest BCUT2D eigenvalue weighted by molar-refractivity contribution is 5.41. The second-order valence-electron chi connectivity index (χ2n) is 3.91. The second kappa shape index (κ2) is 6.38. The molecule has 0 aliphatic carbocycles. The third-order valence-corrected chi connectivity index (χ3v) is 2.38. The van der Waals surface area contributed by atoms with Crippen molar-refractivity contribution in [1.82, 2.24) is 4.98 Å². The summed E-state index contributed by atoms with van der Waals surface area (Å²) in [6, 6.07) is 3.61. The molecule has 1 unspecified atom stereocenters. The van der Waals surface area contributed by atoms with Gasteiger partial charge in [0, 0.05) is 24.0 Å². The Hall–Kier alpha value is -1.12. The minimum Gasteiger partial charge on any atom is -0.382 e. The summed E-state index contributed by atoms with van der Waals surface area (Å²) >= 11 is 0. The van der Waals surface area contributed by atoms with Crippen LogP contribution in [0.15, 0.2) is 18.3 Å².